The molecule has 4 heteroatoms. The Morgan fingerprint density at radius 2 is 1.80 bits per heavy atom. The molecule has 0 saturated carbocycles. The number of nitriles is 1. The first-order chi connectivity index (χ1) is 7.06. The molecule has 0 bridgehead atoms. The first-order valence-electron chi connectivity index (χ1n) is 4.66. The molecule has 0 spiro atoms. The average Bonchev–Trinajstić information content (AvgIpc) is 2.17. The number of nitrogens with zero attached hydrogens (tertiary/aromatic N) is 1. The number of hydrogen-bond acceptors (Lipinski definition) is 2. The van der Waals surface area contributed by atoms with Gasteiger partial charge in [-0.3, -0.25) is 0 Å². The number of rotatable bonds is 3. The summed E-state index contributed by atoms with van der Waals surface area (Å²) in [4.78, 5) is 0. The molecule has 80 valence electrons. The van der Waals surface area contributed by atoms with E-state index in [1.807, 2.05) is 6.07 Å². The van der Waals surface area contributed by atoms with Crippen molar-refractivity contribution in [3.63, 3.8) is 0 Å². The number of nitrogens with one attached hydrogen (secondary N) is 1. The smallest absolute Gasteiger partial charge is 0.149 e. The first kappa shape index (κ1) is 11.4. The molecule has 0 aliphatic carbocycles. The highest BCUT2D eigenvalue weighted by Gasteiger charge is 2.16. The molecule has 1 N–H and O–H groups in total. The molecule has 1 rings (SSSR count). The third-order valence-corrected chi connectivity index (χ3v) is 2.07. The van der Waals surface area contributed by atoms with Crippen LogP contribution in [0.2, 0.25) is 0 Å². The quantitative estimate of drug-likeness (QED) is 0.832. The minimum Gasteiger partial charge on any atom is -0.365 e. The zero-order chi connectivity index (χ0) is 11.4. The molecule has 0 heterocycles. The van der Waals surface area contributed by atoms with Gasteiger partial charge in [0.15, 0.2) is 0 Å². The zero-order valence-electron chi connectivity index (χ0n) is 8.59. The number of para-hydroxylation sites is 1. The van der Waals surface area contributed by atoms with Crippen LogP contribution in [0.3, 0.4) is 0 Å². The number of anilines is 1. The second kappa shape index (κ2) is 4.74. The van der Waals surface area contributed by atoms with Crippen molar-refractivity contribution in [1.82, 2.24) is 0 Å². The van der Waals surface area contributed by atoms with E-state index < -0.39 is 17.7 Å². The fourth-order valence-corrected chi connectivity index (χ4v) is 1.14. The Hall–Kier alpha value is -1.63. The molecule has 1 unspecified atom stereocenters. The molecule has 15 heavy (non-hydrogen) atoms. The molecule has 0 aliphatic rings. The Labute approximate surface area is 87.5 Å². The Kier molecular flexibility index (Phi) is 3.62. The van der Waals surface area contributed by atoms with E-state index in [1.165, 1.54) is 6.07 Å². The topological polar surface area (TPSA) is 35.8 Å². The van der Waals surface area contributed by atoms with E-state index in [-0.39, 0.29) is 11.6 Å². The molecule has 0 aliphatic heterocycles. The highest BCUT2D eigenvalue weighted by molar-refractivity contribution is 5.48. The lowest BCUT2D eigenvalue weighted by Crippen LogP contribution is -2.24. The third-order valence-electron chi connectivity index (χ3n) is 2.07. The lowest BCUT2D eigenvalue weighted by molar-refractivity contribution is 0.566. The van der Waals surface area contributed by atoms with Crippen molar-refractivity contribution in [3.05, 3.63) is 29.8 Å². The zero-order valence-corrected chi connectivity index (χ0v) is 8.59. The molecule has 0 radical (unpaired) electrons. The predicted molar refractivity (Wildman–Crippen MR) is 54.2 cm³/mol. The van der Waals surface area contributed by atoms with Crippen LogP contribution in [0.25, 0.3) is 0 Å². The van der Waals surface area contributed by atoms with E-state index in [1.54, 1.807) is 13.8 Å². The molecular formula is C11H12F2N2. The fourth-order valence-electron chi connectivity index (χ4n) is 1.14. The summed E-state index contributed by atoms with van der Waals surface area (Å²) >= 11 is 0. The average molecular weight is 210 g/mol. The standard InChI is InChI=1S/C11H12F2N2/c1-7(2)10(6-14)15-11-8(12)4-3-5-9(11)13/h3-5,7,10,15H,1-2H3. The molecule has 2 nitrogen and oxygen atoms in total. The van der Waals surface area contributed by atoms with Crippen LogP contribution in [0.1, 0.15) is 13.8 Å². The van der Waals surface area contributed by atoms with Crippen molar-refractivity contribution >= 4 is 5.69 Å². The second-order valence-corrected chi connectivity index (χ2v) is 3.59. The van der Waals surface area contributed by atoms with E-state index in [0.29, 0.717) is 0 Å². The van der Waals surface area contributed by atoms with Gasteiger partial charge >= 0.3 is 0 Å². The van der Waals surface area contributed by atoms with Crippen molar-refractivity contribution in [1.29, 1.82) is 5.26 Å². The van der Waals surface area contributed by atoms with Crippen LogP contribution in [0.15, 0.2) is 18.2 Å². The summed E-state index contributed by atoms with van der Waals surface area (Å²) < 4.78 is 26.4. The monoisotopic (exact) mass is 210 g/mol. The van der Waals surface area contributed by atoms with Gasteiger partial charge in [0, 0.05) is 0 Å². The minimum absolute atomic E-state index is 0.0194. The third kappa shape index (κ3) is 2.66. The van der Waals surface area contributed by atoms with E-state index in [0.717, 1.165) is 12.1 Å². The highest BCUT2D eigenvalue weighted by atomic mass is 19.1. The summed E-state index contributed by atoms with van der Waals surface area (Å²) in [7, 11) is 0. The van der Waals surface area contributed by atoms with Crippen LogP contribution in [0, 0.1) is 28.9 Å². The lowest BCUT2D eigenvalue weighted by atomic mass is 10.1. The molecular weight excluding hydrogens is 198 g/mol. The second-order valence-electron chi connectivity index (χ2n) is 3.59. The lowest BCUT2D eigenvalue weighted by Gasteiger charge is -2.16. The summed E-state index contributed by atoms with van der Waals surface area (Å²) in [5.41, 5.74) is -0.238. The van der Waals surface area contributed by atoms with Gasteiger partial charge in [-0.1, -0.05) is 19.9 Å². The van der Waals surface area contributed by atoms with Gasteiger partial charge in [-0.2, -0.15) is 5.26 Å². The molecule has 0 fully saturated rings. The maximum absolute atomic E-state index is 13.2. The van der Waals surface area contributed by atoms with Gasteiger partial charge in [-0.15, -0.1) is 0 Å². The van der Waals surface area contributed by atoms with Gasteiger partial charge in [-0.05, 0) is 18.1 Å². The van der Waals surface area contributed by atoms with E-state index in [9.17, 15) is 8.78 Å². The summed E-state index contributed by atoms with van der Waals surface area (Å²) in [6.07, 6.45) is 0. The molecule has 1 atom stereocenters. The van der Waals surface area contributed by atoms with Gasteiger partial charge < -0.3 is 5.32 Å². The molecule has 1 aromatic carbocycles. The summed E-state index contributed by atoms with van der Waals surface area (Å²) in [6.45, 7) is 3.61. The largest absolute Gasteiger partial charge is 0.365 e. The van der Waals surface area contributed by atoms with Crippen molar-refractivity contribution in [2.24, 2.45) is 5.92 Å². The Morgan fingerprint density at radius 1 is 1.27 bits per heavy atom. The van der Waals surface area contributed by atoms with Gasteiger partial charge in [0.1, 0.15) is 23.4 Å². The maximum Gasteiger partial charge on any atom is 0.149 e. The number of benzene rings is 1. The van der Waals surface area contributed by atoms with Crippen LogP contribution in [0.4, 0.5) is 14.5 Å². The summed E-state index contributed by atoms with van der Waals surface area (Å²) in [5, 5.41) is 11.3. The first-order valence-corrected chi connectivity index (χ1v) is 4.66. The van der Waals surface area contributed by atoms with E-state index >= 15 is 0 Å². The SMILES string of the molecule is CC(C)C(C#N)Nc1c(F)cccc1F. The van der Waals surface area contributed by atoms with Gasteiger partial charge in [0.05, 0.1) is 6.07 Å². The van der Waals surface area contributed by atoms with Crippen molar-refractivity contribution in [2.45, 2.75) is 19.9 Å². The van der Waals surface area contributed by atoms with Crippen LogP contribution in [-0.4, -0.2) is 6.04 Å². The Balaban J connectivity index is 2.94. The Bertz CT molecular complexity index is 362. The summed E-state index contributed by atoms with van der Waals surface area (Å²) in [5.74, 6) is -1.39. The van der Waals surface area contributed by atoms with Gasteiger partial charge in [-0.25, -0.2) is 8.78 Å². The van der Waals surface area contributed by atoms with Crippen molar-refractivity contribution in [2.75, 3.05) is 5.32 Å². The van der Waals surface area contributed by atoms with E-state index in [2.05, 4.69) is 5.32 Å². The fraction of sp³-hybridized carbons (Fsp3) is 0.364. The van der Waals surface area contributed by atoms with Gasteiger partial charge in [0.25, 0.3) is 0 Å². The van der Waals surface area contributed by atoms with Crippen molar-refractivity contribution < 1.29 is 8.78 Å². The molecule has 1 aromatic rings. The molecule has 0 saturated heterocycles. The molecule has 0 amide bonds. The van der Waals surface area contributed by atoms with Crippen molar-refractivity contribution in [3.8, 4) is 6.07 Å². The van der Waals surface area contributed by atoms with Crippen LogP contribution >= 0.6 is 0 Å². The molecule has 0 aromatic heterocycles. The summed E-state index contributed by atoms with van der Waals surface area (Å²) in [6, 6.07) is 4.95. The number of halogens is 2. The van der Waals surface area contributed by atoms with Crippen LogP contribution < -0.4 is 5.32 Å². The normalized spacial score (nSPS) is 12.3. The van der Waals surface area contributed by atoms with Gasteiger partial charge in [0.2, 0.25) is 0 Å². The predicted octanol–water partition coefficient (Wildman–Crippen LogP) is 2.92. The minimum atomic E-state index is -0.684. The van der Waals surface area contributed by atoms with E-state index in [4.69, 9.17) is 5.26 Å². The Morgan fingerprint density at radius 3 is 2.20 bits per heavy atom. The highest BCUT2D eigenvalue weighted by Crippen LogP contribution is 2.20. The van der Waals surface area contributed by atoms with Crippen LogP contribution in [0.5, 0.6) is 0 Å². The van der Waals surface area contributed by atoms with Crippen LogP contribution in [-0.2, 0) is 0 Å². The maximum atomic E-state index is 13.2. The number of hydrogen-bond donors (Lipinski definition) is 1.